The van der Waals surface area contributed by atoms with Gasteiger partial charge >= 0.3 is 0 Å². The van der Waals surface area contributed by atoms with Crippen LogP contribution in [-0.2, 0) is 9.59 Å². The summed E-state index contributed by atoms with van der Waals surface area (Å²) in [6.07, 6.45) is 4.36. The van der Waals surface area contributed by atoms with Crippen molar-refractivity contribution >= 4 is 34.5 Å². The summed E-state index contributed by atoms with van der Waals surface area (Å²) in [7, 11) is 0. The molecule has 1 aliphatic carbocycles. The van der Waals surface area contributed by atoms with E-state index in [9.17, 15) is 9.59 Å². The second-order valence-corrected chi connectivity index (χ2v) is 8.00. The Bertz CT molecular complexity index is 1100. The lowest BCUT2D eigenvalue weighted by atomic mass is 10.1. The Morgan fingerprint density at radius 3 is 2.62 bits per heavy atom. The first kappa shape index (κ1) is 17.9. The Morgan fingerprint density at radius 2 is 1.83 bits per heavy atom. The summed E-state index contributed by atoms with van der Waals surface area (Å²) in [5.41, 5.74) is 3.55. The van der Waals surface area contributed by atoms with Crippen LogP contribution in [0, 0.1) is 6.92 Å². The number of anilines is 2. The van der Waals surface area contributed by atoms with E-state index in [1.54, 1.807) is 0 Å². The zero-order valence-electron chi connectivity index (χ0n) is 16.5. The highest BCUT2D eigenvalue weighted by atomic mass is 16.2. The summed E-state index contributed by atoms with van der Waals surface area (Å²) >= 11 is 0. The second kappa shape index (κ2) is 7.03. The highest BCUT2D eigenvalue weighted by molar-refractivity contribution is 6.05. The van der Waals surface area contributed by atoms with Crippen molar-refractivity contribution in [2.24, 2.45) is 0 Å². The number of imidazole rings is 1. The van der Waals surface area contributed by atoms with E-state index in [-0.39, 0.29) is 24.3 Å². The van der Waals surface area contributed by atoms with Crippen LogP contribution >= 0.6 is 0 Å². The number of aromatic nitrogens is 2. The summed E-state index contributed by atoms with van der Waals surface area (Å²) in [5.74, 6) is 0.525. The number of rotatable bonds is 4. The van der Waals surface area contributed by atoms with Crippen molar-refractivity contribution in [1.82, 2.24) is 9.55 Å². The van der Waals surface area contributed by atoms with Gasteiger partial charge in [0, 0.05) is 11.7 Å². The van der Waals surface area contributed by atoms with Gasteiger partial charge in [-0.15, -0.1) is 0 Å². The van der Waals surface area contributed by atoms with Crippen LogP contribution in [0.2, 0.25) is 0 Å². The number of nitrogens with zero attached hydrogens (tertiary/aromatic N) is 3. The molecule has 148 valence electrons. The molecule has 5 rings (SSSR count). The van der Waals surface area contributed by atoms with Crippen LogP contribution in [0.15, 0.2) is 48.5 Å². The van der Waals surface area contributed by atoms with E-state index in [1.807, 2.05) is 64.9 Å². The van der Waals surface area contributed by atoms with Gasteiger partial charge in [-0.1, -0.05) is 43.2 Å². The molecule has 0 unspecified atom stereocenters. The summed E-state index contributed by atoms with van der Waals surface area (Å²) in [6, 6.07) is 15.1. The van der Waals surface area contributed by atoms with Gasteiger partial charge in [-0.3, -0.25) is 19.1 Å². The highest BCUT2D eigenvalue weighted by Crippen LogP contribution is 2.40. The van der Waals surface area contributed by atoms with Crippen LogP contribution in [0.3, 0.4) is 0 Å². The molecule has 6 nitrogen and oxygen atoms in total. The first-order valence-corrected chi connectivity index (χ1v) is 10.3. The molecule has 29 heavy (non-hydrogen) atoms. The molecule has 2 aromatic carbocycles. The van der Waals surface area contributed by atoms with Crippen molar-refractivity contribution < 1.29 is 9.59 Å². The normalized spacial score (nSPS) is 19.1. The zero-order valence-corrected chi connectivity index (χ0v) is 16.5. The molecule has 2 aliphatic rings. The predicted molar refractivity (Wildman–Crippen MR) is 113 cm³/mol. The van der Waals surface area contributed by atoms with E-state index in [0.717, 1.165) is 48.0 Å². The van der Waals surface area contributed by atoms with Gasteiger partial charge in [-0.2, -0.15) is 0 Å². The number of benzene rings is 2. The lowest BCUT2D eigenvalue weighted by molar-refractivity contribution is -0.125. The van der Waals surface area contributed by atoms with Gasteiger partial charge in [-0.05, 0) is 43.5 Å². The fourth-order valence-corrected chi connectivity index (χ4v) is 4.65. The molecule has 1 saturated carbocycles. The number of nitrogens with one attached hydrogen (secondary N) is 1. The number of aryl methyl sites for hydroxylation is 1. The topological polar surface area (TPSA) is 67.2 Å². The average molecular weight is 388 g/mol. The van der Waals surface area contributed by atoms with Crippen molar-refractivity contribution in [1.29, 1.82) is 0 Å². The van der Waals surface area contributed by atoms with E-state index in [0.29, 0.717) is 5.95 Å². The maximum absolute atomic E-state index is 13.4. The summed E-state index contributed by atoms with van der Waals surface area (Å²) in [5, 5.41) is 2.97. The van der Waals surface area contributed by atoms with Crippen molar-refractivity contribution in [2.75, 3.05) is 10.2 Å². The van der Waals surface area contributed by atoms with E-state index in [2.05, 4.69) is 5.32 Å². The molecular weight excluding hydrogens is 364 g/mol. The lowest BCUT2D eigenvalue weighted by Gasteiger charge is -2.22. The summed E-state index contributed by atoms with van der Waals surface area (Å²) in [6.45, 7) is 1.96. The maximum atomic E-state index is 13.4. The van der Waals surface area contributed by atoms with Gasteiger partial charge in [-0.25, -0.2) is 4.98 Å². The fraction of sp³-hybridized carbons (Fsp3) is 0.348. The minimum atomic E-state index is -0.554. The molecule has 3 aromatic rings. The van der Waals surface area contributed by atoms with Gasteiger partial charge in [0.1, 0.15) is 6.04 Å². The predicted octanol–water partition coefficient (Wildman–Crippen LogP) is 4.20. The van der Waals surface area contributed by atoms with Gasteiger partial charge < -0.3 is 5.32 Å². The highest BCUT2D eigenvalue weighted by Gasteiger charge is 2.44. The Kier molecular flexibility index (Phi) is 4.34. The van der Waals surface area contributed by atoms with Gasteiger partial charge in [0.15, 0.2) is 0 Å². The Balaban J connectivity index is 1.49. The molecule has 1 atom stereocenters. The number of hydrogen-bond acceptors (Lipinski definition) is 3. The first-order valence-electron chi connectivity index (χ1n) is 10.3. The molecule has 1 aromatic heterocycles. The average Bonchev–Trinajstić information content (AvgIpc) is 3.41. The third kappa shape index (κ3) is 2.99. The molecule has 2 heterocycles. The Labute approximate surface area is 169 Å². The Hall–Kier alpha value is -3.15. The SMILES string of the molecule is Cc1ccccc1NC(=O)C[C@H]1C(=O)N(C2CCCC2)c2nc3ccccc3n21. The summed E-state index contributed by atoms with van der Waals surface area (Å²) < 4.78 is 1.97. The van der Waals surface area contributed by atoms with E-state index in [1.165, 1.54) is 0 Å². The molecule has 0 bridgehead atoms. The molecule has 2 amide bonds. The van der Waals surface area contributed by atoms with Crippen LogP contribution in [-0.4, -0.2) is 27.4 Å². The second-order valence-electron chi connectivity index (χ2n) is 8.00. The van der Waals surface area contributed by atoms with Gasteiger partial charge in [0.05, 0.1) is 17.5 Å². The minimum Gasteiger partial charge on any atom is -0.326 e. The lowest BCUT2D eigenvalue weighted by Crippen LogP contribution is -2.38. The fourth-order valence-electron chi connectivity index (χ4n) is 4.65. The van der Waals surface area contributed by atoms with Crippen molar-refractivity contribution in [3.63, 3.8) is 0 Å². The maximum Gasteiger partial charge on any atom is 0.253 e. The molecule has 0 saturated heterocycles. The third-order valence-corrected chi connectivity index (χ3v) is 6.11. The molecule has 0 spiro atoms. The van der Waals surface area contributed by atoms with Crippen LogP contribution in [0.25, 0.3) is 11.0 Å². The Morgan fingerprint density at radius 1 is 1.10 bits per heavy atom. The van der Waals surface area contributed by atoms with Crippen LogP contribution in [0.4, 0.5) is 11.6 Å². The minimum absolute atomic E-state index is 0.00918. The number of para-hydroxylation sites is 3. The number of fused-ring (bicyclic) bond motifs is 3. The van der Waals surface area contributed by atoms with Crippen LogP contribution in [0.1, 0.15) is 43.7 Å². The molecule has 0 radical (unpaired) electrons. The molecule has 1 N–H and O–H groups in total. The smallest absolute Gasteiger partial charge is 0.253 e. The number of amides is 2. The van der Waals surface area contributed by atoms with E-state index in [4.69, 9.17) is 4.98 Å². The van der Waals surface area contributed by atoms with Gasteiger partial charge in [0.2, 0.25) is 11.9 Å². The van der Waals surface area contributed by atoms with Crippen molar-refractivity contribution in [2.45, 2.75) is 51.1 Å². The molecule has 1 aliphatic heterocycles. The van der Waals surface area contributed by atoms with Crippen LogP contribution in [0.5, 0.6) is 0 Å². The number of hydrogen-bond donors (Lipinski definition) is 1. The zero-order chi connectivity index (χ0) is 20.0. The monoisotopic (exact) mass is 388 g/mol. The molecule has 1 fully saturated rings. The van der Waals surface area contributed by atoms with Crippen molar-refractivity contribution in [3.8, 4) is 0 Å². The third-order valence-electron chi connectivity index (χ3n) is 6.11. The largest absolute Gasteiger partial charge is 0.326 e. The van der Waals surface area contributed by atoms with E-state index < -0.39 is 6.04 Å². The summed E-state index contributed by atoms with van der Waals surface area (Å²) in [4.78, 5) is 32.9. The van der Waals surface area contributed by atoms with Gasteiger partial charge in [0.25, 0.3) is 5.91 Å². The molecule has 6 heteroatoms. The van der Waals surface area contributed by atoms with Crippen LogP contribution < -0.4 is 10.2 Å². The first-order chi connectivity index (χ1) is 14.1. The number of carbonyl (C=O) groups excluding carboxylic acids is 2. The number of carbonyl (C=O) groups is 2. The van der Waals surface area contributed by atoms with E-state index >= 15 is 0 Å². The standard InChI is InChI=1S/C23H24N4O2/c1-15-8-2-5-11-17(15)24-21(28)14-20-22(29)26(16-9-3-4-10-16)23-25-18-12-6-7-13-19(18)27(20)23/h2,5-8,11-13,16,20H,3-4,9-10,14H2,1H3,(H,24,28)/t20-/m0/s1. The van der Waals surface area contributed by atoms with Crippen molar-refractivity contribution in [3.05, 3.63) is 54.1 Å². The molecular formula is C23H24N4O2. The quantitative estimate of drug-likeness (QED) is 0.728.